The number of aromatic nitrogens is 2. The van der Waals surface area contributed by atoms with E-state index in [9.17, 15) is 9.59 Å². The van der Waals surface area contributed by atoms with E-state index >= 15 is 0 Å². The minimum absolute atomic E-state index is 0.296. The van der Waals surface area contributed by atoms with Crippen LogP contribution < -0.4 is 11.2 Å². The molecule has 0 radical (unpaired) electrons. The average Bonchev–Trinajstić information content (AvgIpc) is 2.66. The lowest BCUT2D eigenvalue weighted by Crippen LogP contribution is -2.32. The molecular weight excluding hydrogens is 200 g/mol. The van der Waals surface area contributed by atoms with Gasteiger partial charge in [0.2, 0.25) is 0 Å². The first-order valence-corrected chi connectivity index (χ1v) is 4.95. The minimum Gasteiger partial charge on any atom is -0.307 e. The molecule has 0 aliphatic rings. The highest BCUT2D eigenvalue weighted by Crippen LogP contribution is 2.16. The molecule has 0 spiro atoms. The van der Waals surface area contributed by atoms with Gasteiger partial charge in [0.25, 0.3) is 5.56 Å². The fourth-order valence-corrected chi connectivity index (χ4v) is 1.78. The predicted octanol–water partition coefficient (Wildman–Crippen LogP) is 0.802. The summed E-state index contributed by atoms with van der Waals surface area (Å²) in [5, 5.41) is 3.77. The molecule has 14 heavy (non-hydrogen) atoms. The maximum atomic E-state index is 11.3. The zero-order valence-corrected chi connectivity index (χ0v) is 8.30. The molecule has 0 saturated heterocycles. The van der Waals surface area contributed by atoms with Crippen LogP contribution in [0.5, 0.6) is 0 Å². The number of rotatable bonds is 1. The number of hydrogen-bond donors (Lipinski definition) is 1. The van der Waals surface area contributed by atoms with Crippen LogP contribution in [-0.2, 0) is 7.05 Å². The van der Waals surface area contributed by atoms with Gasteiger partial charge < -0.3 is 4.98 Å². The maximum Gasteiger partial charge on any atom is 0.328 e. The second-order valence-corrected chi connectivity index (χ2v) is 3.68. The molecule has 2 rings (SSSR count). The van der Waals surface area contributed by atoms with Crippen LogP contribution in [0.25, 0.3) is 11.3 Å². The predicted molar refractivity (Wildman–Crippen MR) is 55.6 cm³/mol. The summed E-state index contributed by atoms with van der Waals surface area (Å²) in [5.41, 5.74) is 0.748. The molecule has 0 aliphatic heterocycles. The normalized spacial score (nSPS) is 10.4. The molecular formula is C9H8N2O2S. The van der Waals surface area contributed by atoms with Crippen LogP contribution in [-0.4, -0.2) is 9.55 Å². The van der Waals surface area contributed by atoms with Crippen molar-refractivity contribution in [3.8, 4) is 11.3 Å². The van der Waals surface area contributed by atoms with Gasteiger partial charge in [-0.05, 0) is 11.4 Å². The Hall–Kier alpha value is -1.62. The number of aromatic amines is 1. The molecule has 0 unspecified atom stereocenters. The standard InChI is InChI=1S/C9H8N2O2S/c1-11-8(12)4-7(10-9(11)13)6-2-3-14-5-6/h2-5H,1H3,(H,10,13). The van der Waals surface area contributed by atoms with Crippen LogP contribution in [0.1, 0.15) is 0 Å². The molecule has 2 heterocycles. The lowest BCUT2D eigenvalue weighted by molar-refractivity contribution is 0.778. The molecule has 1 N–H and O–H groups in total. The zero-order valence-electron chi connectivity index (χ0n) is 7.48. The molecule has 5 heteroatoms. The van der Waals surface area contributed by atoms with Crippen molar-refractivity contribution in [3.05, 3.63) is 43.7 Å². The van der Waals surface area contributed by atoms with Crippen LogP contribution in [0.4, 0.5) is 0 Å². The van der Waals surface area contributed by atoms with E-state index in [2.05, 4.69) is 4.98 Å². The van der Waals surface area contributed by atoms with E-state index in [4.69, 9.17) is 0 Å². The van der Waals surface area contributed by atoms with Crippen LogP contribution in [0.15, 0.2) is 32.5 Å². The molecule has 2 aromatic heterocycles. The molecule has 0 amide bonds. The van der Waals surface area contributed by atoms with Crippen molar-refractivity contribution in [2.45, 2.75) is 0 Å². The number of H-pyrrole nitrogens is 1. The van der Waals surface area contributed by atoms with Crippen LogP contribution in [0.3, 0.4) is 0 Å². The largest absolute Gasteiger partial charge is 0.328 e. The third kappa shape index (κ3) is 1.42. The third-order valence-corrected chi connectivity index (χ3v) is 2.66. The van der Waals surface area contributed by atoms with Crippen molar-refractivity contribution in [2.75, 3.05) is 0 Å². The van der Waals surface area contributed by atoms with E-state index in [0.717, 1.165) is 10.1 Å². The van der Waals surface area contributed by atoms with E-state index in [1.165, 1.54) is 24.5 Å². The van der Waals surface area contributed by atoms with E-state index in [1.807, 2.05) is 16.8 Å². The molecule has 0 atom stereocenters. The van der Waals surface area contributed by atoms with Crippen molar-refractivity contribution in [2.24, 2.45) is 7.05 Å². The maximum absolute atomic E-state index is 11.3. The van der Waals surface area contributed by atoms with Crippen LogP contribution in [0.2, 0.25) is 0 Å². The van der Waals surface area contributed by atoms with Gasteiger partial charge in [-0.1, -0.05) is 0 Å². The summed E-state index contributed by atoms with van der Waals surface area (Å²) in [4.78, 5) is 25.2. The van der Waals surface area contributed by atoms with E-state index in [1.54, 1.807) is 0 Å². The third-order valence-electron chi connectivity index (χ3n) is 1.98. The van der Waals surface area contributed by atoms with Gasteiger partial charge in [0.05, 0.1) is 5.69 Å². The number of nitrogens with one attached hydrogen (secondary N) is 1. The number of thiophene rings is 1. The van der Waals surface area contributed by atoms with E-state index < -0.39 is 5.69 Å². The summed E-state index contributed by atoms with van der Waals surface area (Å²) in [7, 11) is 1.44. The van der Waals surface area contributed by atoms with Gasteiger partial charge in [-0.15, -0.1) is 0 Å². The summed E-state index contributed by atoms with van der Waals surface area (Å²) < 4.78 is 1.04. The summed E-state index contributed by atoms with van der Waals surface area (Å²) in [6.45, 7) is 0. The van der Waals surface area contributed by atoms with Gasteiger partial charge in [-0.3, -0.25) is 9.36 Å². The van der Waals surface area contributed by atoms with Crippen molar-refractivity contribution in [3.63, 3.8) is 0 Å². The van der Waals surface area contributed by atoms with Gasteiger partial charge in [-0.2, -0.15) is 11.3 Å². The Morgan fingerprint density at radius 3 is 2.79 bits per heavy atom. The average molecular weight is 208 g/mol. The lowest BCUT2D eigenvalue weighted by Gasteiger charge is -1.99. The topological polar surface area (TPSA) is 54.9 Å². The van der Waals surface area contributed by atoms with Crippen molar-refractivity contribution >= 4 is 11.3 Å². The van der Waals surface area contributed by atoms with Gasteiger partial charge in [0.15, 0.2) is 0 Å². The van der Waals surface area contributed by atoms with E-state index in [0.29, 0.717) is 5.69 Å². The lowest BCUT2D eigenvalue weighted by atomic mass is 10.2. The van der Waals surface area contributed by atoms with Crippen molar-refractivity contribution < 1.29 is 0 Å². The fraction of sp³-hybridized carbons (Fsp3) is 0.111. The van der Waals surface area contributed by atoms with Gasteiger partial charge in [0, 0.05) is 24.1 Å². The van der Waals surface area contributed by atoms with Gasteiger partial charge in [-0.25, -0.2) is 4.79 Å². The molecule has 4 nitrogen and oxygen atoms in total. The summed E-state index contributed by atoms with van der Waals surface area (Å²) in [5.74, 6) is 0. The first-order chi connectivity index (χ1) is 6.68. The van der Waals surface area contributed by atoms with Crippen molar-refractivity contribution in [1.82, 2.24) is 9.55 Å². The second-order valence-electron chi connectivity index (χ2n) is 2.90. The number of nitrogens with zero attached hydrogens (tertiary/aromatic N) is 1. The highest BCUT2D eigenvalue weighted by molar-refractivity contribution is 7.08. The molecule has 0 aliphatic carbocycles. The smallest absolute Gasteiger partial charge is 0.307 e. The van der Waals surface area contributed by atoms with Crippen LogP contribution in [0, 0.1) is 0 Å². The van der Waals surface area contributed by atoms with Crippen LogP contribution >= 0.6 is 11.3 Å². The van der Waals surface area contributed by atoms with Crippen molar-refractivity contribution in [1.29, 1.82) is 0 Å². The van der Waals surface area contributed by atoms with E-state index in [-0.39, 0.29) is 5.56 Å². The zero-order chi connectivity index (χ0) is 10.1. The Balaban J connectivity index is 2.69. The summed E-state index contributed by atoms with van der Waals surface area (Å²) in [6, 6.07) is 3.28. The Kier molecular flexibility index (Phi) is 2.09. The minimum atomic E-state index is -0.390. The fourth-order valence-electron chi connectivity index (χ4n) is 1.13. The first-order valence-electron chi connectivity index (χ1n) is 4.01. The molecule has 0 fully saturated rings. The molecule has 0 saturated carbocycles. The van der Waals surface area contributed by atoms with Gasteiger partial charge >= 0.3 is 5.69 Å². The Bertz CT molecular complexity index is 520. The molecule has 72 valence electrons. The highest BCUT2D eigenvalue weighted by Gasteiger charge is 2.02. The first kappa shape index (κ1) is 8.96. The summed E-state index contributed by atoms with van der Waals surface area (Å²) >= 11 is 1.52. The molecule has 2 aromatic rings. The SMILES string of the molecule is Cn1c(=O)cc(-c2ccsc2)[nH]c1=O. The Morgan fingerprint density at radius 1 is 1.43 bits per heavy atom. The van der Waals surface area contributed by atoms with Gasteiger partial charge in [0.1, 0.15) is 0 Å². The molecule has 0 bridgehead atoms. The summed E-state index contributed by atoms with van der Waals surface area (Å²) in [6.07, 6.45) is 0. The molecule has 0 aromatic carbocycles. The second kappa shape index (κ2) is 3.26. The quantitative estimate of drug-likeness (QED) is 0.753. The Labute approximate surface area is 83.5 Å². The highest BCUT2D eigenvalue weighted by atomic mass is 32.1. The monoisotopic (exact) mass is 208 g/mol. The number of hydrogen-bond acceptors (Lipinski definition) is 3. The Morgan fingerprint density at radius 2 is 2.21 bits per heavy atom.